The molecule has 0 heterocycles. The van der Waals surface area contributed by atoms with Gasteiger partial charge in [0.05, 0.1) is 5.75 Å². The molecular weight excluding hydrogens is 272 g/mol. The topological polar surface area (TPSA) is 49.4 Å². The van der Waals surface area contributed by atoms with Crippen LogP contribution in [0.25, 0.3) is 0 Å². The summed E-state index contributed by atoms with van der Waals surface area (Å²) in [6, 6.07) is 8.58. The molecule has 0 spiro atoms. The highest BCUT2D eigenvalue weighted by Crippen LogP contribution is 2.21. The molecule has 0 fully saturated rings. The fraction of sp³-hybridized carbons (Fsp3) is 0.600. The predicted molar refractivity (Wildman–Crippen MR) is 86.1 cm³/mol. The lowest BCUT2D eigenvalue weighted by Gasteiger charge is -2.18. The molecule has 4 nitrogen and oxygen atoms in total. The molecule has 0 aliphatic rings. The van der Waals surface area contributed by atoms with Gasteiger partial charge < -0.3 is 10.2 Å². The molecular formula is C15H26N2O2S. The maximum absolute atomic E-state index is 11.5. The van der Waals surface area contributed by atoms with Crippen molar-refractivity contribution < 1.29 is 8.42 Å². The zero-order valence-corrected chi connectivity index (χ0v) is 13.7. The van der Waals surface area contributed by atoms with Gasteiger partial charge in [0, 0.05) is 31.6 Å². The van der Waals surface area contributed by atoms with Crippen LogP contribution in [0.1, 0.15) is 31.4 Å². The van der Waals surface area contributed by atoms with E-state index in [-0.39, 0.29) is 17.5 Å². The second kappa shape index (κ2) is 7.64. The Balaban J connectivity index is 2.62. The maximum Gasteiger partial charge on any atom is 0.150 e. The number of sulfone groups is 1. The minimum Gasteiger partial charge on any atom is -0.378 e. The van der Waals surface area contributed by atoms with Gasteiger partial charge in [-0.1, -0.05) is 19.1 Å². The number of rotatable bonds is 8. The van der Waals surface area contributed by atoms with Crippen LogP contribution in [-0.4, -0.2) is 41.1 Å². The van der Waals surface area contributed by atoms with Crippen molar-refractivity contribution in [1.29, 1.82) is 0 Å². The molecule has 1 aromatic carbocycles. The van der Waals surface area contributed by atoms with E-state index in [1.54, 1.807) is 6.92 Å². The third-order valence-corrected chi connectivity index (χ3v) is 5.34. The Morgan fingerprint density at radius 3 is 2.25 bits per heavy atom. The molecule has 0 saturated carbocycles. The van der Waals surface area contributed by atoms with Crippen molar-refractivity contribution in [3.63, 3.8) is 0 Å². The third-order valence-electron chi connectivity index (χ3n) is 3.55. The van der Waals surface area contributed by atoms with Crippen molar-refractivity contribution >= 4 is 15.5 Å². The maximum atomic E-state index is 11.5. The van der Waals surface area contributed by atoms with Crippen molar-refractivity contribution in [1.82, 2.24) is 5.32 Å². The number of nitrogens with one attached hydrogen (secondary N) is 1. The number of nitrogens with zero attached hydrogens (tertiary/aromatic N) is 1. The van der Waals surface area contributed by atoms with Crippen LogP contribution in [0.15, 0.2) is 24.3 Å². The third kappa shape index (κ3) is 5.13. The summed E-state index contributed by atoms with van der Waals surface area (Å²) in [6.45, 7) is 1.70. The lowest BCUT2D eigenvalue weighted by molar-refractivity contribution is 0.535. The molecule has 0 aliphatic heterocycles. The molecule has 0 bridgehead atoms. The summed E-state index contributed by atoms with van der Waals surface area (Å²) in [4.78, 5) is 2.06. The number of hydrogen-bond donors (Lipinski definition) is 1. The largest absolute Gasteiger partial charge is 0.378 e. The van der Waals surface area contributed by atoms with E-state index in [0.29, 0.717) is 6.42 Å². The SMILES string of the molecule is CCS(=O)(=O)CCCC(NC)c1ccc(N(C)C)cc1. The Morgan fingerprint density at radius 2 is 1.80 bits per heavy atom. The van der Waals surface area contributed by atoms with Crippen LogP contribution in [-0.2, 0) is 9.84 Å². The van der Waals surface area contributed by atoms with E-state index in [0.717, 1.165) is 12.1 Å². The van der Waals surface area contributed by atoms with Gasteiger partial charge in [0.15, 0.2) is 0 Å². The Morgan fingerprint density at radius 1 is 1.20 bits per heavy atom. The van der Waals surface area contributed by atoms with Crippen molar-refractivity contribution in [2.75, 3.05) is 37.5 Å². The van der Waals surface area contributed by atoms with Crippen LogP contribution >= 0.6 is 0 Å². The molecule has 1 atom stereocenters. The molecule has 0 amide bonds. The predicted octanol–water partition coefficient (Wildman–Crippen LogP) is 2.23. The molecule has 1 N–H and O–H groups in total. The van der Waals surface area contributed by atoms with Gasteiger partial charge in [0.1, 0.15) is 9.84 Å². The molecule has 1 aromatic rings. The van der Waals surface area contributed by atoms with Crippen molar-refractivity contribution in [3.05, 3.63) is 29.8 Å². The van der Waals surface area contributed by atoms with E-state index < -0.39 is 9.84 Å². The Kier molecular flexibility index (Phi) is 6.49. The summed E-state index contributed by atoms with van der Waals surface area (Å²) in [5.74, 6) is 0.506. The number of anilines is 1. The molecule has 0 saturated heterocycles. The first-order valence-corrected chi connectivity index (χ1v) is 8.86. The highest BCUT2D eigenvalue weighted by Gasteiger charge is 2.12. The summed E-state index contributed by atoms with van der Waals surface area (Å²) in [7, 11) is 3.09. The molecule has 0 radical (unpaired) electrons. The summed E-state index contributed by atoms with van der Waals surface area (Å²) in [6.07, 6.45) is 1.52. The first kappa shape index (κ1) is 17.0. The van der Waals surface area contributed by atoms with Crippen LogP contribution in [0.2, 0.25) is 0 Å². The summed E-state index contributed by atoms with van der Waals surface area (Å²) in [5.41, 5.74) is 2.36. The molecule has 1 rings (SSSR count). The Bertz CT molecular complexity index is 495. The highest BCUT2D eigenvalue weighted by molar-refractivity contribution is 7.91. The molecule has 0 aliphatic carbocycles. The molecule has 1 unspecified atom stereocenters. The van der Waals surface area contributed by atoms with Crippen LogP contribution < -0.4 is 10.2 Å². The minimum atomic E-state index is -2.86. The average molecular weight is 298 g/mol. The van der Waals surface area contributed by atoms with Crippen LogP contribution in [0.5, 0.6) is 0 Å². The Hall–Kier alpha value is -1.07. The van der Waals surface area contributed by atoms with Crippen molar-refractivity contribution in [3.8, 4) is 0 Å². The van der Waals surface area contributed by atoms with E-state index in [1.165, 1.54) is 5.56 Å². The van der Waals surface area contributed by atoms with Crippen LogP contribution in [0.3, 0.4) is 0 Å². The monoisotopic (exact) mass is 298 g/mol. The minimum absolute atomic E-state index is 0.207. The van der Waals surface area contributed by atoms with E-state index in [4.69, 9.17) is 0 Å². The first-order chi connectivity index (χ1) is 9.39. The zero-order chi connectivity index (χ0) is 15.2. The van der Waals surface area contributed by atoms with Gasteiger partial charge in [-0.05, 0) is 37.6 Å². The number of hydrogen-bond acceptors (Lipinski definition) is 4. The van der Waals surface area contributed by atoms with E-state index >= 15 is 0 Å². The first-order valence-electron chi connectivity index (χ1n) is 7.04. The average Bonchev–Trinajstić information content (AvgIpc) is 2.44. The number of benzene rings is 1. The summed E-state index contributed by atoms with van der Waals surface area (Å²) < 4.78 is 23.0. The quantitative estimate of drug-likeness (QED) is 0.799. The molecule has 5 heteroatoms. The van der Waals surface area contributed by atoms with Crippen LogP contribution in [0.4, 0.5) is 5.69 Å². The van der Waals surface area contributed by atoms with Crippen molar-refractivity contribution in [2.24, 2.45) is 0 Å². The van der Waals surface area contributed by atoms with Gasteiger partial charge in [-0.2, -0.15) is 0 Å². The van der Waals surface area contributed by atoms with E-state index in [9.17, 15) is 8.42 Å². The zero-order valence-electron chi connectivity index (χ0n) is 12.9. The van der Waals surface area contributed by atoms with Crippen LogP contribution in [0, 0.1) is 0 Å². The van der Waals surface area contributed by atoms with Gasteiger partial charge >= 0.3 is 0 Å². The molecule has 20 heavy (non-hydrogen) atoms. The van der Waals surface area contributed by atoms with Gasteiger partial charge in [-0.25, -0.2) is 8.42 Å². The highest BCUT2D eigenvalue weighted by atomic mass is 32.2. The van der Waals surface area contributed by atoms with E-state index in [1.807, 2.05) is 21.1 Å². The molecule has 0 aromatic heterocycles. The standard InChI is InChI=1S/C15H26N2O2S/c1-5-20(18,19)12-6-7-15(16-2)13-8-10-14(11-9-13)17(3)4/h8-11,15-16H,5-7,12H2,1-4H3. The lowest BCUT2D eigenvalue weighted by atomic mass is 10.0. The second-order valence-electron chi connectivity index (χ2n) is 5.21. The van der Waals surface area contributed by atoms with Gasteiger partial charge in [0.2, 0.25) is 0 Å². The molecule has 114 valence electrons. The van der Waals surface area contributed by atoms with Gasteiger partial charge in [0.25, 0.3) is 0 Å². The van der Waals surface area contributed by atoms with Gasteiger partial charge in [-0.15, -0.1) is 0 Å². The normalized spacial score (nSPS) is 13.2. The van der Waals surface area contributed by atoms with Crippen molar-refractivity contribution in [2.45, 2.75) is 25.8 Å². The fourth-order valence-electron chi connectivity index (χ4n) is 2.13. The fourth-order valence-corrected chi connectivity index (χ4v) is 3.03. The lowest BCUT2D eigenvalue weighted by Crippen LogP contribution is -2.18. The Labute approximate surface area is 123 Å². The van der Waals surface area contributed by atoms with E-state index in [2.05, 4.69) is 34.5 Å². The summed E-state index contributed by atoms with van der Waals surface area (Å²) in [5, 5.41) is 3.26. The summed E-state index contributed by atoms with van der Waals surface area (Å²) >= 11 is 0. The van der Waals surface area contributed by atoms with Gasteiger partial charge in [-0.3, -0.25) is 0 Å². The second-order valence-corrected chi connectivity index (χ2v) is 7.68. The smallest absolute Gasteiger partial charge is 0.150 e.